The van der Waals surface area contributed by atoms with Gasteiger partial charge in [0.05, 0.1) is 11.4 Å². The number of aryl methyl sites for hydroxylation is 4. The monoisotopic (exact) mass is 353 g/mol. The fourth-order valence-electron chi connectivity index (χ4n) is 4.31. The summed E-state index contributed by atoms with van der Waals surface area (Å²) in [6, 6.07) is 23.8. The van der Waals surface area contributed by atoms with Gasteiger partial charge in [-0.3, -0.25) is 4.90 Å². The number of para-hydroxylation sites is 2. The fourth-order valence-corrected chi connectivity index (χ4v) is 4.31. The Labute approximate surface area is 160 Å². The molecule has 0 spiro atoms. The molecule has 1 aliphatic rings. The number of hydrogen-bond acceptors (Lipinski definition) is 2. The normalized spacial score (nSPS) is 13.8. The van der Waals surface area contributed by atoms with E-state index >= 15 is 0 Å². The molecule has 0 radical (unpaired) electrons. The number of benzene rings is 3. The lowest BCUT2D eigenvalue weighted by atomic mass is 9.97. The van der Waals surface area contributed by atoms with Crippen LogP contribution < -0.4 is 4.90 Å². The van der Waals surface area contributed by atoms with Crippen LogP contribution >= 0.6 is 0 Å². The lowest BCUT2D eigenvalue weighted by Crippen LogP contribution is -2.16. The van der Waals surface area contributed by atoms with Crippen LogP contribution in [0.15, 0.2) is 71.1 Å². The van der Waals surface area contributed by atoms with E-state index in [0.29, 0.717) is 0 Å². The predicted molar refractivity (Wildman–Crippen MR) is 112 cm³/mol. The van der Waals surface area contributed by atoms with E-state index < -0.39 is 0 Å². The average Bonchev–Trinajstić information content (AvgIpc) is 3.01. The molecule has 0 saturated carbocycles. The highest BCUT2D eigenvalue weighted by Gasteiger charge is 2.26. The van der Waals surface area contributed by atoms with Gasteiger partial charge in [-0.15, -0.1) is 0 Å². The molecular weight excluding hydrogens is 330 g/mol. The molecule has 0 amide bonds. The van der Waals surface area contributed by atoms with E-state index in [4.69, 9.17) is 4.42 Å². The highest BCUT2D eigenvalue weighted by Crippen LogP contribution is 2.45. The lowest BCUT2D eigenvalue weighted by molar-refractivity contribution is 0.610. The first kappa shape index (κ1) is 16.2. The first-order valence-electron chi connectivity index (χ1n) is 9.68. The summed E-state index contributed by atoms with van der Waals surface area (Å²) in [4.78, 5) is 2.33. The van der Waals surface area contributed by atoms with Gasteiger partial charge < -0.3 is 4.42 Å². The van der Waals surface area contributed by atoms with Crippen molar-refractivity contribution in [3.8, 4) is 0 Å². The molecule has 134 valence electrons. The molecule has 0 unspecified atom stereocenters. The predicted octanol–water partition coefficient (Wildman–Crippen LogP) is 7.01. The molecular formula is C25H23NO. The third-order valence-electron chi connectivity index (χ3n) is 5.58. The van der Waals surface area contributed by atoms with Crippen molar-refractivity contribution in [3.63, 3.8) is 0 Å². The van der Waals surface area contributed by atoms with Crippen molar-refractivity contribution in [1.29, 1.82) is 0 Å². The van der Waals surface area contributed by atoms with Crippen LogP contribution in [0, 0.1) is 13.8 Å². The molecule has 5 rings (SSSR count). The summed E-state index contributed by atoms with van der Waals surface area (Å²) in [5.41, 5.74) is 8.62. The number of fused-ring (bicyclic) bond motifs is 4. The Morgan fingerprint density at radius 3 is 2.52 bits per heavy atom. The van der Waals surface area contributed by atoms with Crippen LogP contribution in [0.2, 0.25) is 0 Å². The summed E-state index contributed by atoms with van der Waals surface area (Å²) < 4.78 is 6.46. The Hall–Kier alpha value is -3.00. The molecule has 1 aliphatic heterocycles. The molecule has 27 heavy (non-hydrogen) atoms. The topological polar surface area (TPSA) is 16.4 Å². The Kier molecular flexibility index (Phi) is 3.78. The van der Waals surface area contributed by atoms with Gasteiger partial charge in [0.2, 0.25) is 5.88 Å². The first-order valence-corrected chi connectivity index (χ1v) is 9.68. The smallest absolute Gasteiger partial charge is 0.209 e. The van der Waals surface area contributed by atoms with Crippen molar-refractivity contribution < 1.29 is 4.42 Å². The number of furan rings is 1. The van der Waals surface area contributed by atoms with E-state index in [0.717, 1.165) is 30.7 Å². The summed E-state index contributed by atoms with van der Waals surface area (Å²) >= 11 is 0. The number of hydrogen-bond donors (Lipinski definition) is 0. The zero-order valence-electron chi connectivity index (χ0n) is 15.8. The van der Waals surface area contributed by atoms with Gasteiger partial charge in [0, 0.05) is 10.9 Å². The van der Waals surface area contributed by atoms with Gasteiger partial charge in [0.25, 0.3) is 0 Å². The van der Waals surface area contributed by atoms with Crippen LogP contribution in [0.4, 0.5) is 17.3 Å². The largest absolute Gasteiger partial charge is 0.439 e. The zero-order chi connectivity index (χ0) is 18.4. The van der Waals surface area contributed by atoms with Crippen LogP contribution in [0.25, 0.3) is 11.0 Å². The van der Waals surface area contributed by atoms with Crippen LogP contribution in [0.1, 0.15) is 28.7 Å². The molecule has 0 saturated heterocycles. The molecule has 2 heteroatoms. The SMILES string of the molecule is Cc1ccc(N2c3ccccc3CCCc3c2oc2ccccc32)c(C)c1. The molecule has 0 aliphatic carbocycles. The van der Waals surface area contributed by atoms with E-state index in [1.807, 2.05) is 0 Å². The number of rotatable bonds is 1. The second-order valence-corrected chi connectivity index (χ2v) is 7.49. The third-order valence-corrected chi connectivity index (χ3v) is 5.58. The minimum atomic E-state index is 0.968. The van der Waals surface area contributed by atoms with Crippen molar-refractivity contribution >= 4 is 28.2 Å². The van der Waals surface area contributed by atoms with Crippen LogP contribution in [0.3, 0.4) is 0 Å². The Morgan fingerprint density at radius 2 is 1.63 bits per heavy atom. The highest BCUT2D eigenvalue weighted by molar-refractivity contribution is 5.91. The second kappa shape index (κ2) is 6.31. The summed E-state index contributed by atoms with van der Waals surface area (Å²) in [5.74, 6) is 0.968. The van der Waals surface area contributed by atoms with Gasteiger partial charge in [-0.1, -0.05) is 54.1 Å². The summed E-state index contributed by atoms with van der Waals surface area (Å²) in [6.07, 6.45) is 3.24. The van der Waals surface area contributed by atoms with E-state index in [1.165, 1.54) is 39.0 Å². The van der Waals surface area contributed by atoms with Crippen molar-refractivity contribution in [2.75, 3.05) is 4.90 Å². The molecule has 2 nitrogen and oxygen atoms in total. The van der Waals surface area contributed by atoms with Crippen molar-refractivity contribution in [2.45, 2.75) is 33.1 Å². The third kappa shape index (κ3) is 2.64. The minimum Gasteiger partial charge on any atom is -0.439 e. The van der Waals surface area contributed by atoms with E-state index in [-0.39, 0.29) is 0 Å². The van der Waals surface area contributed by atoms with Gasteiger partial charge in [0.15, 0.2) is 0 Å². The van der Waals surface area contributed by atoms with Gasteiger partial charge in [-0.25, -0.2) is 0 Å². The molecule has 0 bridgehead atoms. The molecule has 3 aromatic carbocycles. The van der Waals surface area contributed by atoms with Gasteiger partial charge in [-0.05, 0) is 62.4 Å². The van der Waals surface area contributed by atoms with Crippen LogP contribution in [-0.2, 0) is 12.8 Å². The van der Waals surface area contributed by atoms with Gasteiger partial charge >= 0.3 is 0 Å². The fraction of sp³-hybridized carbons (Fsp3) is 0.200. The lowest BCUT2D eigenvalue weighted by Gasteiger charge is -2.29. The quantitative estimate of drug-likeness (QED) is 0.366. The summed E-state index contributed by atoms with van der Waals surface area (Å²) in [7, 11) is 0. The molecule has 0 atom stereocenters. The van der Waals surface area contributed by atoms with Crippen molar-refractivity contribution in [1.82, 2.24) is 0 Å². The van der Waals surface area contributed by atoms with E-state index in [2.05, 4.69) is 85.5 Å². The minimum absolute atomic E-state index is 0.968. The number of anilines is 3. The van der Waals surface area contributed by atoms with Gasteiger partial charge in [0.1, 0.15) is 5.58 Å². The maximum atomic E-state index is 6.46. The van der Waals surface area contributed by atoms with Crippen molar-refractivity contribution in [2.24, 2.45) is 0 Å². The highest BCUT2D eigenvalue weighted by atomic mass is 16.4. The molecule has 2 heterocycles. The van der Waals surface area contributed by atoms with Gasteiger partial charge in [-0.2, -0.15) is 0 Å². The maximum Gasteiger partial charge on any atom is 0.209 e. The number of nitrogens with zero attached hydrogens (tertiary/aromatic N) is 1. The molecule has 0 fully saturated rings. The van der Waals surface area contributed by atoms with Crippen LogP contribution in [-0.4, -0.2) is 0 Å². The van der Waals surface area contributed by atoms with Crippen molar-refractivity contribution in [3.05, 3.63) is 89.0 Å². The van der Waals surface area contributed by atoms with E-state index in [1.54, 1.807) is 0 Å². The molecule has 4 aromatic rings. The van der Waals surface area contributed by atoms with Crippen LogP contribution in [0.5, 0.6) is 0 Å². The zero-order valence-corrected chi connectivity index (χ0v) is 15.8. The average molecular weight is 353 g/mol. The molecule has 1 aromatic heterocycles. The Morgan fingerprint density at radius 1 is 0.815 bits per heavy atom. The second-order valence-electron chi connectivity index (χ2n) is 7.49. The first-order chi connectivity index (χ1) is 13.2. The standard InChI is InChI=1S/C25H23NO/c1-17-14-15-22(18(2)16-17)26-23-12-5-3-8-19(23)9-7-11-21-20-10-4-6-13-24(20)27-25(21)26/h3-6,8,10,12-16H,7,9,11H2,1-2H3. The summed E-state index contributed by atoms with van der Waals surface area (Å²) in [6.45, 7) is 4.33. The summed E-state index contributed by atoms with van der Waals surface area (Å²) in [5, 5.41) is 1.24. The maximum absolute atomic E-state index is 6.46. The molecule has 0 N–H and O–H groups in total. The van der Waals surface area contributed by atoms with E-state index in [9.17, 15) is 0 Å². The Balaban J connectivity index is 1.84. The Bertz CT molecular complexity index is 1140.